The molecule has 1 heterocycles. The van der Waals surface area contributed by atoms with Crippen LogP contribution in [0.4, 0.5) is 23.0 Å². The van der Waals surface area contributed by atoms with E-state index >= 15 is 0 Å². The van der Waals surface area contributed by atoms with Gasteiger partial charge in [-0.2, -0.15) is 0 Å². The SMILES string of the molecule is CCCCNc1nc2ccccc2[nH]1.O=[N+]([O-])c1cc([N+](=O)[O-])c(O)c([N+](=O)[O-])c1. The van der Waals surface area contributed by atoms with E-state index in [1.165, 1.54) is 12.8 Å². The van der Waals surface area contributed by atoms with Crippen molar-refractivity contribution in [1.29, 1.82) is 0 Å². The van der Waals surface area contributed by atoms with Gasteiger partial charge in [0.15, 0.2) is 0 Å². The summed E-state index contributed by atoms with van der Waals surface area (Å²) in [5.41, 5.74) is -0.893. The smallest absolute Gasteiger partial charge is 0.324 e. The summed E-state index contributed by atoms with van der Waals surface area (Å²) in [5.74, 6) is -0.333. The first-order valence-corrected chi connectivity index (χ1v) is 8.73. The number of benzene rings is 2. The van der Waals surface area contributed by atoms with Gasteiger partial charge in [0.1, 0.15) is 0 Å². The lowest BCUT2D eigenvalue weighted by atomic mass is 10.2. The van der Waals surface area contributed by atoms with Crippen LogP contribution in [0.2, 0.25) is 0 Å². The largest absolute Gasteiger partial charge is 0.497 e. The second-order valence-electron chi connectivity index (χ2n) is 5.99. The van der Waals surface area contributed by atoms with Gasteiger partial charge in [-0.05, 0) is 18.6 Å². The molecule has 0 aliphatic carbocycles. The van der Waals surface area contributed by atoms with Crippen LogP contribution in [0.1, 0.15) is 19.8 Å². The van der Waals surface area contributed by atoms with Crippen molar-refractivity contribution in [3.8, 4) is 5.75 Å². The van der Waals surface area contributed by atoms with Gasteiger partial charge in [0.2, 0.25) is 5.95 Å². The zero-order valence-electron chi connectivity index (χ0n) is 15.8. The number of aromatic nitrogens is 2. The maximum Gasteiger partial charge on any atom is 0.324 e. The van der Waals surface area contributed by atoms with E-state index in [-0.39, 0.29) is 0 Å². The summed E-state index contributed by atoms with van der Waals surface area (Å²) in [6, 6.07) is 8.95. The fourth-order valence-electron chi connectivity index (χ4n) is 2.39. The third kappa shape index (κ3) is 5.37. The third-order valence-corrected chi connectivity index (χ3v) is 3.87. The third-order valence-electron chi connectivity index (χ3n) is 3.87. The maximum absolute atomic E-state index is 10.4. The quantitative estimate of drug-likeness (QED) is 0.290. The normalized spacial score (nSPS) is 10.2. The summed E-state index contributed by atoms with van der Waals surface area (Å²) in [7, 11) is 0. The molecule has 3 N–H and O–H groups in total. The molecule has 0 saturated carbocycles. The number of unbranched alkanes of at least 4 members (excludes halogenated alkanes) is 1. The zero-order valence-corrected chi connectivity index (χ0v) is 15.8. The van der Waals surface area contributed by atoms with Crippen LogP contribution in [0.5, 0.6) is 5.75 Å². The summed E-state index contributed by atoms with van der Waals surface area (Å²) < 4.78 is 0. The van der Waals surface area contributed by atoms with Gasteiger partial charge in [-0.1, -0.05) is 25.5 Å². The molecule has 13 heteroatoms. The zero-order chi connectivity index (χ0) is 22.3. The first-order valence-electron chi connectivity index (χ1n) is 8.73. The fraction of sp³-hybridized carbons (Fsp3) is 0.235. The minimum atomic E-state index is -1.21. The molecule has 3 rings (SSSR count). The van der Waals surface area contributed by atoms with E-state index in [0.29, 0.717) is 12.1 Å². The highest BCUT2D eigenvalue weighted by Gasteiger charge is 2.30. The van der Waals surface area contributed by atoms with E-state index in [1.54, 1.807) is 0 Å². The number of fused-ring (bicyclic) bond motifs is 1. The first kappa shape index (κ1) is 22.0. The van der Waals surface area contributed by atoms with Crippen LogP contribution >= 0.6 is 0 Å². The molecule has 1 aromatic heterocycles. The lowest BCUT2D eigenvalue weighted by Crippen LogP contribution is -2.01. The molecule has 3 aromatic rings. The number of nitro groups is 3. The Kier molecular flexibility index (Phi) is 7.16. The molecule has 0 saturated heterocycles. The van der Waals surface area contributed by atoms with Crippen LogP contribution < -0.4 is 5.32 Å². The average molecular weight is 418 g/mol. The number of anilines is 1. The number of rotatable bonds is 7. The Labute approximate surface area is 168 Å². The number of nitrogens with zero attached hydrogens (tertiary/aromatic N) is 4. The van der Waals surface area contributed by atoms with E-state index in [1.807, 2.05) is 24.3 Å². The van der Waals surface area contributed by atoms with Crippen molar-refractivity contribution in [2.45, 2.75) is 19.8 Å². The van der Waals surface area contributed by atoms with Gasteiger partial charge in [0.05, 0.1) is 37.9 Å². The highest BCUT2D eigenvalue weighted by molar-refractivity contribution is 5.77. The second kappa shape index (κ2) is 9.77. The minimum absolute atomic E-state index is 0.447. The van der Waals surface area contributed by atoms with Crippen LogP contribution in [0.3, 0.4) is 0 Å². The number of hydrogen-bond acceptors (Lipinski definition) is 9. The van der Waals surface area contributed by atoms with Gasteiger partial charge in [-0.15, -0.1) is 0 Å². The standard InChI is InChI=1S/C11H15N3.C6H3N3O7/c1-2-3-8-12-11-13-9-6-4-5-7-10(9)14-11;10-6-4(8(13)14)1-3(7(11)12)2-5(6)9(15)16/h4-7H,2-3,8H2,1H3,(H2,12,13,14);1-2,10H. The predicted octanol–water partition coefficient (Wildman–Crippen LogP) is 3.89. The highest BCUT2D eigenvalue weighted by atomic mass is 16.6. The Morgan fingerprint density at radius 3 is 2.13 bits per heavy atom. The molecule has 158 valence electrons. The van der Waals surface area contributed by atoms with Crippen LogP contribution in [0, 0.1) is 30.3 Å². The summed E-state index contributed by atoms with van der Waals surface area (Å²) in [6.45, 7) is 3.16. The van der Waals surface area contributed by atoms with Crippen molar-refractivity contribution in [2.24, 2.45) is 0 Å². The van der Waals surface area contributed by atoms with Crippen molar-refractivity contribution in [1.82, 2.24) is 9.97 Å². The molecule has 0 radical (unpaired) electrons. The van der Waals surface area contributed by atoms with E-state index < -0.39 is 37.6 Å². The molecule has 0 unspecified atom stereocenters. The summed E-state index contributed by atoms with van der Waals surface area (Å²) in [5, 5.41) is 43.5. The number of hydrogen-bond donors (Lipinski definition) is 3. The van der Waals surface area contributed by atoms with E-state index in [9.17, 15) is 30.3 Å². The number of aromatic amines is 1. The maximum atomic E-state index is 10.4. The molecule has 0 atom stereocenters. The summed E-state index contributed by atoms with van der Waals surface area (Å²) >= 11 is 0. The van der Waals surface area contributed by atoms with Crippen molar-refractivity contribution >= 4 is 34.0 Å². The molecule has 0 aliphatic rings. The molecule has 0 aliphatic heterocycles. The van der Waals surface area contributed by atoms with Gasteiger partial charge in [-0.25, -0.2) is 4.98 Å². The minimum Gasteiger partial charge on any atom is -0.497 e. The monoisotopic (exact) mass is 418 g/mol. The van der Waals surface area contributed by atoms with Gasteiger partial charge in [0, 0.05) is 6.54 Å². The van der Waals surface area contributed by atoms with Crippen LogP contribution in [-0.2, 0) is 0 Å². The molecule has 0 fully saturated rings. The highest BCUT2D eigenvalue weighted by Crippen LogP contribution is 2.38. The Bertz CT molecular complexity index is 1010. The molecular weight excluding hydrogens is 400 g/mol. The van der Waals surface area contributed by atoms with E-state index in [2.05, 4.69) is 22.2 Å². The number of phenols is 1. The number of nitrogens with one attached hydrogen (secondary N) is 2. The molecule has 2 aromatic carbocycles. The van der Waals surface area contributed by atoms with Crippen molar-refractivity contribution in [3.63, 3.8) is 0 Å². The lowest BCUT2D eigenvalue weighted by Gasteiger charge is -1.98. The number of nitro benzene ring substituents is 3. The molecule has 0 bridgehead atoms. The Morgan fingerprint density at radius 2 is 1.63 bits per heavy atom. The van der Waals surface area contributed by atoms with Gasteiger partial charge in [0.25, 0.3) is 11.4 Å². The van der Waals surface area contributed by atoms with Gasteiger partial charge < -0.3 is 15.4 Å². The van der Waals surface area contributed by atoms with Crippen molar-refractivity contribution in [2.75, 3.05) is 11.9 Å². The van der Waals surface area contributed by atoms with Crippen molar-refractivity contribution < 1.29 is 19.9 Å². The van der Waals surface area contributed by atoms with E-state index in [4.69, 9.17) is 5.11 Å². The molecule has 30 heavy (non-hydrogen) atoms. The summed E-state index contributed by atoms with van der Waals surface area (Å²) in [6.07, 6.45) is 2.38. The topological polar surface area (TPSA) is 190 Å². The van der Waals surface area contributed by atoms with Crippen molar-refractivity contribution in [3.05, 3.63) is 66.7 Å². The van der Waals surface area contributed by atoms with Crippen LogP contribution in [-0.4, -0.2) is 36.4 Å². The lowest BCUT2D eigenvalue weighted by molar-refractivity contribution is -0.404. The second-order valence-corrected chi connectivity index (χ2v) is 5.99. The Hall–Kier alpha value is -4.29. The molecular formula is C17H18N6O7. The number of non-ortho nitro benzene ring substituents is 1. The van der Waals surface area contributed by atoms with E-state index in [0.717, 1.165) is 23.5 Å². The number of H-pyrrole nitrogens is 1. The van der Waals surface area contributed by atoms with Crippen LogP contribution in [0.25, 0.3) is 11.0 Å². The summed E-state index contributed by atoms with van der Waals surface area (Å²) in [4.78, 5) is 35.4. The number of phenolic OH excluding ortho intramolecular Hbond substituents is 1. The first-order chi connectivity index (χ1) is 14.2. The number of imidazole rings is 1. The molecule has 0 amide bonds. The Morgan fingerprint density at radius 1 is 1.03 bits per heavy atom. The fourth-order valence-corrected chi connectivity index (χ4v) is 2.39. The van der Waals surface area contributed by atoms with Gasteiger partial charge >= 0.3 is 11.4 Å². The Balaban J connectivity index is 0.000000215. The predicted molar refractivity (Wildman–Crippen MR) is 108 cm³/mol. The number of aromatic hydroxyl groups is 1. The van der Waals surface area contributed by atoms with Crippen LogP contribution in [0.15, 0.2) is 36.4 Å². The molecule has 13 nitrogen and oxygen atoms in total. The average Bonchev–Trinajstić information content (AvgIpc) is 3.11. The number of para-hydroxylation sites is 2. The van der Waals surface area contributed by atoms with Gasteiger partial charge in [-0.3, -0.25) is 30.3 Å². The molecule has 0 spiro atoms.